The summed E-state index contributed by atoms with van der Waals surface area (Å²) in [5.74, 6) is -0.186. The van der Waals surface area contributed by atoms with Crippen LogP contribution in [-0.4, -0.2) is 45.0 Å². The summed E-state index contributed by atoms with van der Waals surface area (Å²) in [5, 5.41) is 0.513. The number of amides is 2. The molecule has 0 radical (unpaired) electrons. The van der Waals surface area contributed by atoms with Crippen molar-refractivity contribution in [2.75, 3.05) is 18.0 Å². The highest BCUT2D eigenvalue weighted by molar-refractivity contribution is 7.23. The number of hydrogen-bond acceptors (Lipinski definition) is 9. The zero-order valence-electron chi connectivity index (χ0n) is 19.6. The number of pyridine rings is 1. The smallest absolute Gasteiger partial charge is 0.321 e. The van der Waals surface area contributed by atoms with Crippen molar-refractivity contribution in [1.29, 1.82) is 0 Å². The van der Waals surface area contributed by atoms with E-state index in [4.69, 9.17) is 16.2 Å². The molecule has 0 spiro atoms. The fourth-order valence-corrected chi connectivity index (χ4v) is 4.70. The maximum atomic E-state index is 11.9. The molecule has 0 aliphatic heterocycles. The van der Waals surface area contributed by atoms with Gasteiger partial charge in [0, 0.05) is 36.3 Å². The summed E-state index contributed by atoms with van der Waals surface area (Å²) in [6.07, 6.45) is 5.05. The number of aromatic nitrogens is 4. The molecule has 4 rings (SSSR count). The van der Waals surface area contributed by atoms with Crippen LogP contribution in [0.25, 0.3) is 32.6 Å². The maximum Gasteiger partial charge on any atom is 0.321 e. The van der Waals surface area contributed by atoms with Crippen LogP contribution >= 0.6 is 11.3 Å². The van der Waals surface area contributed by atoms with Gasteiger partial charge in [0.2, 0.25) is 0 Å². The van der Waals surface area contributed by atoms with E-state index in [1.54, 1.807) is 32.4 Å². The molecule has 180 valence electrons. The van der Waals surface area contributed by atoms with Crippen LogP contribution < -0.4 is 16.4 Å². The molecule has 4 N–H and O–H groups in total. The number of ether oxygens (including phenoxy) is 1. The van der Waals surface area contributed by atoms with Gasteiger partial charge in [-0.15, -0.1) is 0 Å². The number of thiazole rings is 1. The molecule has 0 aliphatic carbocycles. The fraction of sp³-hybridized carbons (Fsp3) is 0.250. The van der Waals surface area contributed by atoms with E-state index >= 15 is 0 Å². The number of esters is 1. The van der Waals surface area contributed by atoms with Gasteiger partial charge in [0.15, 0.2) is 16.6 Å². The lowest BCUT2D eigenvalue weighted by Crippen LogP contribution is -2.35. The van der Waals surface area contributed by atoms with Gasteiger partial charge in [-0.25, -0.2) is 19.7 Å². The van der Waals surface area contributed by atoms with Crippen LogP contribution in [0, 0.1) is 0 Å². The predicted octanol–water partition coefficient (Wildman–Crippen LogP) is 3.46. The normalized spacial score (nSPS) is 11.4. The Morgan fingerprint density at radius 2 is 1.86 bits per heavy atom. The van der Waals surface area contributed by atoms with E-state index < -0.39 is 17.6 Å². The summed E-state index contributed by atoms with van der Waals surface area (Å²) in [6.45, 7) is 5.43. The molecule has 3 aromatic heterocycles. The van der Waals surface area contributed by atoms with Gasteiger partial charge in [-0.2, -0.15) is 0 Å². The molecule has 0 unspecified atom stereocenters. The molecule has 0 aliphatic rings. The summed E-state index contributed by atoms with van der Waals surface area (Å²) in [6, 6.07) is 9.01. The van der Waals surface area contributed by atoms with Crippen molar-refractivity contribution in [2.24, 2.45) is 11.5 Å². The second kappa shape index (κ2) is 9.72. The molecule has 11 heteroatoms. The minimum Gasteiger partial charge on any atom is -0.450 e. The van der Waals surface area contributed by atoms with Crippen molar-refractivity contribution in [3.05, 3.63) is 54.7 Å². The molecule has 0 bridgehead atoms. The first-order valence-electron chi connectivity index (χ1n) is 10.9. The molecule has 1 aromatic carbocycles. The van der Waals surface area contributed by atoms with Gasteiger partial charge < -0.3 is 16.2 Å². The number of nitrogens with zero attached hydrogens (tertiary/aromatic N) is 5. The van der Waals surface area contributed by atoms with Crippen LogP contribution in [0.3, 0.4) is 0 Å². The lowest BCUT2D eigenvalue weighted by atomic mass is 10.0. The van der Waals surface area contributed by atoms with Gasteiger partial charge in [0.1, 0.15) is 0 Å². The SMILES string of the molecule is CCN(C(N)=O)c1nc2cc(-c3cnc(C(C)(C)OC(=O)CN)nc3)cc(-c3ccccn3)c2s1. The van der Waals surface area contributed by atoms with Crippen molar-refractivity contribution in [3.63, 3.8) is 0 Å². The zero-order valence-corrected chi connectivity index (χ0v) is 20.4. The molecular weight excluding hydrogens is 466 g/mol. The Labute approximate surface area is 206 Å². The molecule has 3 heterocycles. The first-order chi connectivity index (χ1) is 16.7. The molecule has 0 saturated heterocycles. The predicted molar refractivity (Wildman–Crippen MR) is 135 cm³/mol. The third kappa shape index (κ3) is 4.96. The minimum absolute atomic E-state index is 0.224. The fourth-order valence-electron chi connectivity index (χ4n) is 3.56. The third-order valence-electron chi connectivity index (χ3n) is 5.29. The number of urea groups is 1. The van der Waals surface area contributed by atoms with Crippen LogP contribution in [0.15, 0.2) is 48.9 Å². The van der Waals surface area contributed by atoms with Crippen molar-refractivity contribution in [2.45, 2.75) is 26.4 Å². The van der Waals surface area contributed by atoms with E-state index in [1.165, 1.54) is 16.2 Å². The largest absolute Gasteiger partial charge is 0.450 e. The van der Waals surface area contributed by atoms with E-state index in [2.05, 4.69) is 19.9 Å². The van der Waals surface area contributed by atoms with Crippen molar-refractivity contribution >= 4 is 38.7 Å². The van der Waals surface area contributed by atoms with Crippen LogP contribution in [0.5, 0.6) is 0 Å². The molecular formula is C24H25N7O3S. The van der Waals surface area contributed by atoms with Gasteiger partial charge in [-0.1, -0.05) is 17.4 Å². The van der Waals surface area contributed by atoms with Crippen LogP contribution in [0.2, 0.25) is 0 Å². The average Bonchev–Trinajstić information content (AvgIpc) is 3.27. The molecule has 0 atom stereocenters. The second-order valence-corrected chi connectivity index (χ2v) is 9.13. The Hall–Kier alpha value is -3.96. The highest BCUT2D eigenvalue weighted by Crippen LogP contribution is 2.39. The summed E-state index contributed by atoms with van der Waals surface area (Å²) >= 11 is 1.38. The molecule has 10 nitrogen and oxygen atoms in total. The Morgan fingerprint density at radius 1 is 1.11 bits per heavy atom. The van der Waals surface area contributed by atoms with Crippen molar-refractivity contribution < 1.29 is 14.3 Å². The number of benzene rings is 1. The van der Waals surface area contributed by atoms with Crippen molar-refractivity contribution in [1.82, 2.24) is 19.9 Å². The number of hydrogen-bond donors (Lipinski definition) is 2. The number of rotatable bonds is 7. The Morgan fingerprint density at radius 3 is 2.46 bits per heavy atom. The van der Waals surface area contributed by atoms with E-state index in [9.17, 15) is 9.59 Å². The van der Waals surface area contributed by atoms with E-state index in [1.807, 2.05) is 37.3 Å². The number of anilines is 1. The maximum absolute atomic E-state index is 11.9. The average molecular weight is 492 g/mol. The van der Waals surface area contributed by atoms with E-state index in [-0.39, 0.29) is 6.54 Å². The third-order valence-corrected chi connectivity index (χ3v) is 6.42. The van der Waals surface area contributed by atoms with Gasteiger partial charge >= 0.3 is 12.0 Å². The molecule has 4 aromatic rings. The highest BCUT2D eigenvalue weighted by Gasteiger charge is 2.28. The number of primary amides is 1. The van der Waals surface area contributed by atoms with Gasteiger partial charge in [-0.3, -0.25) is 14.7 Å². The topological polar surface area (TPSA) is 150 Å². The van der Waals surface area contributed by atoms with Gasteiger partial charge in [-0.05, 0) is 50.6 Å². The van der Waals surface area contributed by atoms with Crippen LogP contribution in [0.4, 0.5) is 9.93 Å². The summed E-state index contributed by atoms with van der Waals surface area (Å²) in [4.78, 5) is 43.0. The van der Waals surface area contributed by atoms with Crippen LogP contribution in [-0.2, 0) is 15.1 Å². The highest BCUT2D eigenvalue weighted by atomic mass is 32.1. The van der Waals surface area contributed by atoms with E-state index in [0.717, 1.165) is 27.1 Å². The van der Waals surface area contributed by atoms with Gasteiger partial charge in [0.25, 0.3) is 0 Å². The Bertz CT molecular complexity index is 1370. The number of carbonyl (C=O) groups excluding carboxylic acids is 2. The Balaban J connectivity index is 1.81. The zero-order chi connectivity index (χ0) is 25.2. The number of carbonyl (C=O) groups is 2. The summed E-state index contributed by atoms with van der Waals surface area (Å²) in [7, 11) is 0. The lowest BCUT2D eigenvalue weighted by molar-refractivity contribution is -0.156. The first-order valence-corrected chi connectivity index (χ1v) is 11.7. The molecule has 2 amide bonds. The molecule has 0 fully saturated rings. The summed E-state index contributed by atoms with van der Waals surface area (Å²) < 4.78 is 6.24. The second-order valence-electron chi connectivity index (χ2n) is 8.15. The monoisotopic (exact) mass is 491 g/mol. The Kier molecular flexibility index (Phi) is 6.72. The standard InChI is InChI=1S/C24H25N7O3S/c1-4-31(22(26)33)23-30-18-10-14(9-16(20(18)35-23)17-7-5-6-8-27-17)15-12-28-21(29-13-15)24(2,3)34-19(32)11-25/h5-10,12-13H,4,11,25H2,1-3H3,(H2,26,33). The quantitative estimate of drug-likeness (QED) is 0.373. The first kappa shape index (κ1) is 24.2. The van der Waals surface area contributed by atoms with Crippen LogP contribution in [0.1, 0.15) is 26.6 Å². The lowest BCUT2D eigenvalue weighted by Gasteiger charge is -2.23. The molecule has 35 heavy (non-hydrogen) atoms. The van der Waals surface area contributed by atoms with Crippen molar-refractivity contribution in [3.8, 4) is 22.4 Å². The minimum atomic E-state index is -1.03. The number of fused-ring (bicyclic) bond motifs is 1. The number of nitrogens with two attached hydrogens (primary N) is 2. The van der Waals surface area contributed by atoms with E-state index in [0.29, 0.717) is 23.0 Å². The molecule has 0 saturated carbocycles. The van der Waals surface area contributed by atoms with Gasteiger partial charge in [0.05, 0.1) is 22.5 Å². The summed E-state index contributed by atoms with van der Waals surface area (Å²) in [5.41, 5.74) is 13.8.